The van der Waals surface area contributed by atoms with Crippen molar-refractivity contribution < 1.29 is 19.1 Å². The van der Waals surface area contributed by atoms with E-state index in [9.17, 15) is 9.59 Å². The number of hydrogen-bond acceptors (Lipinski definition) is 4. The monoisotopic (exact) mass is 672 g/mol. The topological polar surface area (TPSA) is 52.6 Å². The molecule has 7 aromatic rings. The van der Waals surface area contributed by atoms with Crippen molar-refractivity contribution in [3.8, 4) is 33.8 Å². The Balaban J connectivity index is 1.64. The molecule has 7 aromatic carbocycles. The molecule has 2 aliphatic rings. The minimum absolute atomic E-state index is 0.00283. The SMILES string of the molecule is COc1c(Br)c2c3c(ccc4c5c(Br)cc6c7c(cc(OC)c(c1c34)c75)-c1ccccc1C6=O)C(=O)c1ccccc1-2. The first-order valence-electron chi connectivity index (χ1n) is 13.5. The molecular formula is C36H18Br2O4. The van der Waals surface area contributed by atoms with Crippen molar-refractivity contribution in [3.05, 3.63) is 104 Å². The Morgan fingerprint density at radius 3 is 1.90 bits per heavy atom. The lowest BCUT2D eigenvalue weighted by Gasteiger charge is -2.28. The lowest BCUT2D eigenvalue weighted by molar-refractivity contribution is 0.103. The summed E-state index contributed by atoms with van der Waals surface area (Å²) in [7, 11) is 3.34. The highest BCUT2D eigenvalue weighted by Crippen LogP contribution is 2.58. The first kappa shape index (κ1) is 24.3. The van der Waals surface area contributed by atoms with Crippen LogP contribution >= 0.6 is 31.9 Å². The fourth-order valence-corrected chi connectivity index (χ4v) is 8.81. The van der Waals surface area contributed by atoms with Crippen LogP contribution in [0.15, 0.2) is 81.7 Å². The number of carbonyl (C=O) groups is 2. The Kier molecular flexibility index (Phi) is 4.74. The van der Waals surface area contributed by atoms with Gasteiger partial charge in [-0.3, -0.25) is 9.59 Å². The zero-order chi connectivity index (χ0) is 28.6. The molecular weight excluding hydrogens is 656 g/mol. The third-order valence-electron chi connectivity index (χ3n) is 9.01. The van der Waals surface area contributed by atoms with Gasteiger partial charge in [-0.25, -0.2) is 0 Å². The molecule has 0 aromatic heterocycles. The summed E-state index contributed by atoms with van der Waals surface area (Å²) in [6.45, 7) is 0. The molecule has 9 rings (SSSR count). The molecule has 0 amide bonds. The Hall–Kier alpha value is -4.26. The Labute approximate surface area is 256 Å². The average Bonchev–Trinajstić information content (AvgIpc) is 3.02. The highest BCUT2D eigenvalue weighted by molar-refractivity contribution is 9.11. The van der Waals surface area contributed by atoms with Gasteiger partial charge in [0.25, 0.3) is 0 Å². The van der Waals surface area contributed by atoms with Gasteiger partial charge in [0.05, 0.1) is 18.7 Å². The molecule has 0 saturated carbocycles. The molecule has 42 heavy (non-hydrogen) atoms. The average molecular weight is 674 g/mol. The number of fused-ring (bicyclic) bond motifs is 6. The molecule has 4 nitrogen and oxygen atoms in total. The number of halogens is 2. The predicted octanol–water partition coefficient (Wildman–Crippen LogP) is 9.70. The van der Waals surface area contributed by atoms with E-state index in [0.717, 1.165) is 74.3 Å². The molecule has 200 valence electrons. The number of ketones is 2. The molecule has 0 atom stereocenters. The van der Waals surface area contributed by atoms with Gasteiger partial charge in [-0.1, -0.05) is 70.5 Å². The molecule has 0 N–H and O–H groups in total. The normalized spacial score (nSPS) is 13.3. The Morgan fingerprint density at radius 2 is 1.19 bits per heavy atom. The van der Waals surface area contributed by atoms with Gasteiger partial charge >= 0.3 is 0 Å². The molecule has 2 aliphatic carbocycles. The maximum absolute atomic E-state index is 13.9. The maximum atomic E-state index is 13.9. The summed E-state index contributed by atoms with van der Waals surface area (Å²) in [5.74, 6) is 1.32. The summed E-state index contributed by atoms with van der Waals surface area (Å²) in [5, 5.41) is 7.28. The van der Waals surface area contributed by atoms with Gasteiger partial charge in [0.2, 0.25) is 0 Å². The fourth-order valence-electron chi connectivity index (χ4n) is 7.40. The van der Waals surface area contributed by atoms with Crippen LogP contribution in [-0.4, -0.2) is 25.8 Å². The maximum Gasteiger partial charge on any atom is 0.194 e. The number of methoxy groups -OCH3 is 2. The summed E-state index contributed by atoms with van der Waals surface area (Å²) < 4.78 is 13.9. The Morgan fingerprint density at radius 1 is 0.524 bits per heavy atom. The summed E-state index contributed by atoms with van der Waals surface area (Å²) in [6, 6.07) is 23.4. The van der Waals surface area contributed by atoms with Gasteiger partial charge in [0.15, 0.2) is 11.6 Å². The van der Waals surface area contributed by atoms with Crippen molar-refractivity contribution in [2.45, 2.75) is 0 Å². The van der Waals surface area contributed by atoms with Crippen LogP contribution in [0.4, 0.5) is 0 Å². The number of benzene rings is 7. The smallest absolute Gasteiger partial charge is 0.194 e. The van der Waals surface area contributed by atoms with E-state index in [2.05, 4.69) is 31.9 Å². The van der Waals surface area contributed by atoms with E-state index in [1.54, 1.807) is 14.2 Å². The van der Waals surface area contributed by atoms with Gasteiger partial charge in [-0.05, 0) is 56.2 Å². The second kappa shape index (κ2) is 8.18. The Bertz CT molecular complexity index is 2440. The standard InChI is InChI=1S/C36H18Br2O4/c1-41-24-14-21-15-7-3-5-9-17(15)35(40)22-13-23(37)26-19-11-12-20-28-27(19)32(30(24)31(26)25(21)22)36(42-2)33(38)29(28)16-8-4-6-10-18(16)34(20)39/h3-14H,1-2H3. The zero-order valence-corrected chi connectivity index (χ0v) is 25.5. The molecule has 0 spiro atoms. The second-order valence-corrected chi connectivity index (χ2v) is 12.4. The number of ether oxygens (including phenoxy) is 2. The predicted molar refractivity (Wildman–Crippen MR) is 174 cm³/mol. The number of hydrogen-bond donors (Lipinski definition) is 0. The van der Waals surface area contributed by atoms with Crippen molar-refractivity contribution in [2.24, 2.45) is 0 Å². The lowest BCUT2D eigenvalue weighted by Crippen LogP contribution is -2.12. The van der Waals surface area contributed by atoms with E-state index in [1.165, 1.54) is 0 Å². The lowest BCUT2D eigenvalue weighted by atomic mass is 9.76. The number of carbonyl (C=O) groups excluding carboxylic acids is 2. The fraction of sp³-hybridized carbons (Fsp3) is 0.0556. The minimum atomic E-state index is -0.00661. The van der Waals surface area contributed by atoms with Crippen LogP contribution in [0.2, 0.25) is 0 Å². The van der Waals surface area contributed by atoms with E-state index in [0.29, 0.717) is 33.8 Å². The van der Waals surface area contributed by atoms with Crippen molar-refractivity contribution in [1.29, 1.82) is 0 Å². The van der Waals surface area contributed by atoms with Gasteiger partial charge in [0, 0.05) is 70.0 Å². The van der Waals surface area contributed by atoms with Crippen molar-refractivity contribution in [1.82, 2.24) is 0 Å². The van der Waals surface area contributed by atoms with Crippen LogP contribution in [0.1, 0.15) is 31.8 Å². The van der Waals surface area contributed by atoms with E-state index in [-0.39, 0.29) is 11.6 Å². The minimum Gasteiger partial charge on any atom is -0.496 e. The molecule has 0 saturated heterocycles. The molecule has 0 heterocycles. The largest absolute Gasteiger partial charge is 0.496 e. The zero-order valence-electron chi connectivity index (χ0n) is 22.3. The highest BCUT2D eigenvalue weighted by Gasteiger charge is 2.35. The van der Waals surface area contributed by atoms with Gasteiger partial charge in [-0.2, -0.15) is 0 Å². The third kappa shape index (κ3) is 2.69. The highest BCUT2D eigenvalue weighted by atomic mass is 79.9. The van der Waals surface area contributed by atoms with Crippen LogP contribution in [-0.2, 0) is 0 Å². The summed E-state index contributed by atoms with van der Waals surface area (Å²) in [4.78, 5) is 27.8. The van der Waals surface area contributed by atoms with Crippen LogP contribution < -0.4 is 9.47 Å². The quantitative estimate of drug-likeness (QED) is 0.135. The van der Waals surface area contributed by atoms with Crippen LogP contribution in [0.25, 0.3) is 65.3 Å². The second-order valence-electron chi connectivity index (χ2n) is 10.8. The van der Waals surface area contributed by atoms with Crippen molar-refractivity contribution >= 4 is 86.5 Å². The van der Waals surface area contributed by atoms with E-state index < -0.39 is 0 Å². The van der Waals surface area contributed by atoms with Gasteiger partial charge < -0.3 is 9.47 Å². The van der Waals surface area contributed by atoms with Crippen LogP contribution in [0.5, 0.6) is 11.5 Å². The molecule has 0 aliphatic heterocycles. The van der Waals surface area contributed by atoms with E-state index in [4.69, 9.17) is 9.47 Å². The summed E-state index contributed by atoms with van der Waals surface area (Å²) >= 11 is 7.79. The first-order valence-corrected chi connectivity index (χ1v) is 15.1. The van der Waals surface area contributed by atoms with Crippen LogP contribution in [0, 0.1) is 0 Å². The van der Waals surface area contributed by atoms with E-state index >= 15 is 0 Å². The number of rotatable bonds is 2. The van der Waals surface area contributed by atoms with Crippen LogP contribution in [0.3, 0.4) is 0 Å². The molecule has 0 bridgehead atoms. The molecule has 0 fully saturated rings. The van der Waals surface area contributed by atoms with E-state index in [1.807, 2.05) is 72.8 Å². The molecule has 0 unspecified atom stereocenters. The summed E-state index contributed by atoms with van der Waals surface area (Å²) in [6.07, 6.45) is 0. The summed E-state index contributed by atoms with van der Waals surface area (Å²) in [5.41, 5.74) is 6.30. The van der Waals surface area contributed by atoms with Gasteiger partial charge in [-0.15, -0.1) is 0 Å². The van der Waals surface area contributed by atoms with Crippen molar-refractivity contribution in [3.63, 3.8) is 0 Å². The first-order chi connectivity index (χ1) is 20.5. The van der Waals surface area contributed by atoms with Crippen molar-refractivity contribution in [2.75, 3.05) is 14.2 Å². The third-order valence-corrected chi connectivity index (χ3v) is 10.4. The molecule has 0 radical (unpaired) electrons. The molecule has 6 heteroatoms. The van der Waals surface area contributed by atoms with Gasteiger partial charge in [0.1, 0.15) is 11.5 Å².